The molecule has 0 saturated carbocycles. The Morgan fingerprint density at radius 2 is 1.89 bits per heavy atom. The molecule has 0 radical (unpaired) electrons. The van der Waals surface area contributed by atoms with Gasteiger partial charge in [0.1, 0.15) is 11.5 Å². The lowest BCUT2D eigenvalue weighted by atomic mass is 9.84. The summed E-state index contributed by atoms with van der Waals surface area (Å²) in [5.74, 6) is 0.560. The summed E-state index contributed by atoms with van der Waals surface area (Å²) < 4.78 is 5.25. The standard InChI is InChI=1S/C15H22O3/c1-6-10-8-11(18-13(16)7-2)9-12(14(10)17)15(3,4)5/h8-9,17H,6-7H2,1-5H3. The Labute approximate surface area is 109 Å². The first-order chi connectivity index (χ1) is 8.29. The van der Waals surface area contributed by atoms with E-state index in [0.717, 1.165) is 11.1 Å². The molecule has 0 aliphatic carbocycles. The molecule has 0 saturated heterocycles. The maximum atomic E-state index is 11.3. The van der Waals surface area contributed by atoms with E-state index in [0.29, 0.717) is 24.3 Å². The van der Waals surface area contributed by atoms with E-state index in [4.69, 9.17) is 4.74 Å². The first-order valence-corrected chi connectivity index (χ1v) is 6.36. The molecule has 3 heteroatoms. The molecule has 0 bridgehead atoms. The molecule has 0 unspecified atom stereocenters. The molecule has 0 aliphatic rings. The van der Waals surface area contributed by atoms with Gasteiger partial charge in [0.25, 0.3) is 0 Å². The van der Waals surface area contributed by atoms with Crippen molar-refractivity contribution in [1.29, 1.82) is 0 Å². The Morgan fingerprint density at radius 3 is 2.33 bits per heavy atom. The molecule has 1 N–H and O–H groups in total. The molecule has 1 aromatic rings. The van der Waals surface area contributed by atoms with Gasteiger partial charge in [-0.25, -0.2) is 0 Å². The van der Waals surface area contributed by atoms with Crippen molar-refractivity contribution in [2.45, 2.75) is 52.9 Å². The highest BCUT2D eigenvalue weighted by molar-refractivity contribution is 5.72. The molecule has 0 heterocycles. The van der Waals surface area contributed by atoms with Crippen LogP contribution in [-0.4, -0.2) is 11.1 Å². The molecule has 0 atom stereocenters. The molecular weight excluding hydrogens is 228 g/mol. The summed E-state index contributed by atoms with van der Waals surface area (Å²) in [7, 11) is 0. The molecule has 100 valence electrons. The van der Waals surface area contributed by atoms with Gasteiger partial charge in [0.2, 0.25) is 0 Å². The molecular formula is C15H22O3. The number of phenols is 1. The van der Waals surface area contributed by atoms with Gasteiger partial charge in [0.05, 0.1) is 0 Å². The van der Waals surface area contributed by atoms with Crippen LogP contribution in [0.4, 0.5) is 0 Å². The number of phenolic OH excluding ortho intramolecular Hbond substituents is 1. The van der Waals surface area contributed by atoms with Gasteiger partial charge in [-0.05, 0) is 29.5 Å². The van der Waals surface area contributed by atoms with Gasteiger partial charge in [0, 0.05) is 12.0 Å². The minimum absolute atomic E-state index is 0.192. The number of carbonyl (C=O) groups is 1. The van der Waals surface area contributed by atoms with Crippen LogP contribution in [0.1, 0.15) is 52.2 Å². The largest absolute Gasteiger partial charge is 0.507 e. The second-order valence-corrected chi connectivity index (χ2v) is 5.41. The summed E-state index contributed by atoms with van der Waals surface area (Å²) in [5.41, 5.74) is 1.42. The van der Waals surface area contributed by atoms with Gasteiger partial charge in [-0.2, -0.15) is 0 Å². The lowest BCUT2D eigenvalue weighted by Crippen LogP contribution is -2.13. The number of ether oxygens (including phenoxy) is 1. The minimum atomic E-state index is -0.261. The summed E-state index contributed by atoms with van der Waals surface area (Å²) in [4.78, 5) is 11.3. The predicted molar refractivity (Wildman–Crippen MR) is 72.1 cm³/mol. The molecule has 1 aromatic carbocycles. The third-order valence-electron chi connectivity index (χ3n) is 2.87. The number of aryl methyl sites for hydroxylation is 1. The summed E-state index contributed by atoms with van der Waals surface area (Å²) in [5, 5.41) is 10.2. The molecule has 0 aliphatic heterocycles. The smallest absolute Gasteiger partial charge is 0.310 e. The minimum Gasteiger partial charge on any atom is -0.507 e. The van der Waals surface area contributed by atoms with Crippen molar-refractivity contribution < 1.29 is 14.6 Å². The fraction of sp³-hybridized carbons (Fsp3) is 0.533. The van der Waals surface area contributed by atoms with E-state index in [1.165, 1.54) is 0 Å². The van der Waals surface area contributed by atoms with Crippen LogP contribution in [-0.2, 0) is 16.6 Å². The molecule has 3 nitrogen and oxygen atoms in total. The van der Waals surface area contributed by atoms with E-state index in [1.807, 2.05) is 27.7 Å². The highest BCUT2D eigenvalue weighted by Crippen LogP contribution is 2.37. The summed E-state index contributed by atoms with van der Waals surface area (Å²) in [6.07, 6.45) is 1.04. The highest BCUT2D eigenvalue weighted by Gasteiger charge is 2.21. The SMILES string of the molecule is CCC(=O)Oc1cc(CC)c(O)c(C(C)(C)C)c1. The normalized spacial score (nSPS) is 11.4. The molecule has 0 aromatic heterocycles. The van der Waals surface area contributed by atoms with Crippen molar-refractivity contribution in [2.24, 2.45) is 0 Å². The van der Waals surface area contributed by atoms with Crippen LogP contribution in [0.25, 0.3) is 0 Å². The van der Waals surface area contributed by atoms with Crippen LogP contribution in [0.15, 0.2) is 12.1 Å². The fourth-order valence-corrected chi connectivity index (χ4v) is 1.77. The number of aromatic hydroxyl groups is 1. The average molecular weight is 250 g/mol. The van der Waals surface area contributed by atoms with Gasteiger partial charge in [-0.1, -0.05) is 34.6 Å². The molecule has 0 amide bonds. The Kier molecular flexibility index (Phi) is 4.38. The van der Waals surface area contributed by atoms with Crippen molar-refractivity contribution in [3.8, 4) is 11.5 Å². The van der Waals surface area contributed by atoms with Gasteiger partial charge in [0.15, 0.2) is 0 Å². The van der Waals surface area contributed by atoms with Gasteiger partial charge in [-0.15, -0.1) is 0 Å². The van der Waals surface area contributed by atoms with E-state index in [1.54, 1.807) is 19.1 Å². The van der Waals surface area contributed by atoms with Gasteiger partial charge in [-0.3, -0.25) is 4.79 Å². The Hall–Kier alpha value is -1.51. The van der Waals surface area contributed by atoms with Crippen molar-refractivity contribution in [3.05, 3.63) is 23.3 Å². The number of esters is 1. The zero-order valence-corrected chi connectivity index (χ0v) is 11.8. The van der Waals surface area contributed by atoms with Crippen molar-refractivity contribution in [1.82, 2.24) is 0 Å². The zero-order valence-electron chi connectivity index (χ0n) is 11.8. The predicted octanol–water partition coefficient (Wildman–Crippen LogP) is 3.57. The second-order valence-electron chi connectivity index (χ2n) is 5.41. The summed E-state index contributed by atoms with van der Waals surface area (Å²) in [6, 6.07) is 3.49. The quantitative estimate of drug-likeness (QED) is 0.659. The van der Waals surface area contributed by atoms with E-state index in [9.17, 15) is 9.90 Å². The number of carbonyl (C=O) groups excluding carboxylic acids is 1. The maximum Gasteiger partial charge on any atom is 0.310 e. The van der Waals surface area contributed by atoms with E-state index in [2.05, 4.69) is 0 Å². The monoisotopic (exact) mass is 250 g/mol. The van der Waals surface area contributed by atoms with Gasteiger partial charge >= 0.3 is 5.97 Å². The fourth-order valence-electron chi connectivity index (χ4n) is 1.77. The van der Waals surface area contributed by atoms with Crippen LogP contribution >= 0.6 is 0 Å². The third kappa shape index (κ3) is 3.25. The Balaban J connectivity index is 3.26. The Morgan fingerprint density at radius 1 is 1.28 bits per heavy atom. The maximum absolute atomic E-state index is 11.3. The average Bonchev–Trinajstić information content (AvgIpc) is 2.29. The molecule has 1 rings (SSSR count). The van der Waals surface area contributed by atoms with Crippen molar-refractivity contribution >= 4 is 5.97 Å². The number of benzene rings is 1. The molecule has 0 fully saturated rings. The van der Waals surface area contributed by atoms with Crippen molar-refractivity contribution in [3.63, 3.8) is 0 Å². The van der Waals surface area contributed by atoms with Gasteiger partial charge < -0.3 is 9.84 Å². The number of hydrogen-bond acceptors (Lipinski definition) is 3. The number of hydrogen-bond donors (Lipinski definition) is 1. The number of rotatable bonds is 3. The van der Waals surface area contributed by atoms with Crippen LogP contribution in [0, 0.1) is 0 Å². The van der Waals surface area contributed by atoms with Crippen LogP contribution in [0.3, 0.4) is 0 Å². The lowest BCUT2D eigenvalue weighted by molar-refractivity contribution is -0.134. The lowest BCUT2D eigenvalue weighted by Gasteiger charge is -2.23. The first kappa shape index (κ1) is 14.6. The van der Waals surface area contributed by atoms with E-state index in [-0.39, 0.29) is 11.4 Å². The topological polar surface area (TPSA) is 46.5 Å². The van der Waals surface area contributed by atoms with Crippen LogP contribution in [0.5, 0.6) is 11.5 Å². The van der Waals surface area contributed by atoms with Crippen molar-refractivity contribution in [2.75, 3.05) is 0 Å². The second kappa shape index (κ2) is 5.42. The highest BCUT2D eigenvalue weighted by atomic mass is 16.5. The zero-order chi connectivity index (χ0) is 13.9. The van der Waals surface area contributed by atoms with Crippen LogP contribution < -0.4 is 4.74 Å². The van der Waals surface area contributed by atoms with E-state index >= 15 is 0 Å². The third-order valence-corrected chi connectivity index (χ3v) is 2.87. The summed E-state index contributed by atoms with van der Waals surface area (Å²) in [6.45, 7) is 9.79. The Bertz CT molecular complexity index is 442. The van der Waals surface area contributed by atoms with E-state index < -0.39 is 0 Å². The summed E-state index contributed by atoms with van der Waals surface area (Å²) >= 11 is 0. The van der Waals surface area contributed by atoms with Crippen LogP contribution in [0.2, 0.25) is 0 Å². The molecule has 0 spiro atoms. The first-order valence-electron chi connectivity index (χ1n) is 6.36. The molecule has 18 heavy (non-hydrogen) atoms.